The summed E-state index contributed by atoms with van der Waals surface area (Å²) in [4.78, 5) is 10.8. The molecule has 1 aromatic carbocycles. The van der Waals surface area contributed by atoms with Gasteiger partial charge in [-0.1, -0.05) is 12.1 Å². The molecule has 0 fully saturated rings. The first-order valence-electron chi connectivity index (χ1n) is 7.49. The molecule has 25 heavy (non-hydrogen) atoms. The number of hydrogen-bond donors (Lipinski definition) is 4. The Labute approximate surface area is 152 Å². The van der Waals surface area contributed by atoms with Gasteiger partial charge in [-0.25, -0.2) is 8.42 Å². The van der Waals surface area contributed by atoms with Gasteiger partial charge in [0, 0.05) is 6.04 Å². The summed E-state index contributed by atoms with van der Waals surface area (Å²) in [6.45, 7) is 6.90. The highest BCUT2D eigenvalue weighted by molar-refractivity contribution is 7.89. The molecule has 10 heteroatoms. The fourth-order valence-corrected chi connectivity index (χ4v) is 3.20. The van der Waals surface area contributed by atoms with Gasteiger partial charge in [0.1, 0.15) is 6.04 Å². The van der Waals surface area contributed by atoms with Crippen molar-refractivity contribution in [3.63, 3.8) is 0 Å². The smallest absolute Gasteiger partial charge is 0.321 e. The molecule has 1 atom stereocenters. The number of hydrazone groups is 1. The van der Waals surface area contributed by atoms with E-state index >= 15 is 0 Å². The lowest BCUT2D eigenvalue weighted by atomic mass is 10.1. The number of carboxylic acid groups (broad SMARTS) is 1. The van der Waals surface area contributed by atoms with Gasteiger partial charge in [0.05, 0.1) is 10.6 Å². The second-order valence-electron chi connectivity index (χ2n) is 5.64. The van der Waals surface area contributed by atoms with Crippen molar-refractivity contribution < 1.29 is 18.3 Å². The van der Waals surface area contributed by atoms with E-state index in [9.17, 15) is 13.2 Å². The Bertz CT molecular complexity index is 758. The number of hydrogen-bond acceptors (Lipinski definition) is 5. The molecule has 4 N–H and O–H groups in total. The highest BCUT2D eigenvalue weighted by atomic mass is 32.2. The Morgan fingerprint density at radius 3 is 2.24 bits per heavy atom. The Morgan fingerprint density at radius 1 is 1.20 bits per heavy atom. The number of sulfonamides is 1. The maximum Gasteiger partial charge on any atom is 0.321 e. The van der Waals surface area contributed by atoms with Gasteiger partial charge in [-0.05, 0) is 57.6 Å². The van der Waals surface area contributed by atoms with E-state index in [2.05, 4.69) is 20.6 Å². The molecule has 0 aromatic heterocycles. The number of carboxylic acids is 1. The lowest BCUT2D eigenvalue weighted by molar-refractivity contribution is -0.138. The van der Waals surface area contributed by atoms with E-state index in [1.165, 1.54) is 19.1 Å². The molecule has 0 radical (unpaired) electrons. The summed E-state index contributed by atoms with van der Waals surface area (Å²) in [5.74, 6) is -1.25. The van der Waals surface area contributed by atoms with Gasteiger partial charge in [0.25, 0.3) is 0 Å². The number of benzene rings is 1. The molecule has 0 aliphatic rings. The lowest BCUT2D eigenvalue weighted by Gasteiger charge is -2.11. The molecule has 1 rings (SSSR count). The van der Waals surface area contributed by atoms with Crippen LogP contribution in [0, 0.1) is 0 Å². The zero-order valence-corrected chi connectivity index (χ0v) is 16.0. The number of nitrogens with zero attached hydrogens (tertiary/aromatic N) is 1. The lowest BCUT2D eigenvalue weighted by Crippen LogP contribution is -2.38. The molecule has 8 nitrogen and oxygen atoms in total. The van der Waals surface area contributed by atoms with Crippen molar-refractivity contribution in [2.45, 2.75) is 44.7 Å². The zero-order chi connectivity index (χ0) is 19.2. The minimum atomic E-state index is -3.90. The quantitative estimate of drug-likeness (QED) is 0.314. The van der Waals surface area contributed by atoms with E-state index in [1.54, 1.807) is 19.1 Å². The predicted octanol–water partition coefficient (Wildman–Crippen LogP) is 1.03. The Balaban J connectivity index is 2.84. The van der Waals surface area contributed by atoms with Crippen LogP contribution >= 0.6 is 12.2 Å². The monoisotopic (exact) mass is 386 g/mol. The molecule has 0 unspecified atom stereocenters. The Morgan fingerprint density at radius 2 is 1.76 bits per heavy atom. The van der Waals surface area contributed by atoms with Gasteiger partial charge in [0.15, 0.2) is 5.11 Å². The van der Waals surface area contributed by atoms with E-state index in [1.807, 2.05) is 13.8 Å². The summed E-state index contributed by atoms with van der Waals surface area (Å²) >= 11 is 5.06. The van der Waals surface area contributed by atoms with Crippen molar-refractivity contribution in [1.29, 1.82) is 0 Å². The van der Waals surface area contributed by atoms with E-state index in [0.29, 0.717) is 16.4 Å². The third-order valence-corrected chi connectivity index (χ3v) is 4.80. The molecular formula is C15H22N4O4S2. The molecule has 0 amide bonds. The molecule has 0 aliphatic carbocycles. The van der Waals surface area contributed by atoms with Crippen molar-refractivity contribution in [2.24, 2.45) is 5.10 Å². The Hall–Kier alpha value is -2.04. The van der Waals surface area contributed by atoms with Crippen LogP contribution in [0.25, 0.3) is 0 Å². The Kier molecular flexibility index (Phi) is 7.46. The maximum atomic E-state index is 12.1. The zero-order valence-electron chi connectivity index (χ0n) is 14.4. The van der Waals surface area contributed by atoms with Crippen LogP contribution in [0.4, 0.5) is 0 Å². The number of nitrogens with one attached hydrogen (secondary N) is 3. The second kappa shape index (κ2) is 8.88. The number of thiocarbonyl (C=S) groups is 1. The van der Waals surface area contributed by atoms with Crippen LogP contribution in [-0.4, -0.2) is 42.4 Å². The molecule has 138 valence electrons. The third-order valence-electron chi connectivity index (χ3n) is 3.03. The van der Waals surface area contributed by atoms with Crippen LogP contribution in [0.1, 0.15) is 33.3 Å². The van der Waals surface area contributed by atoms with Gasteiger partial charge in [-0.3, -0.25) is 10.2 Å². The van der Waals surface area contributed by atoms with E-state index in [0.717, 1.165) is 0 Å². The third kappa shape index (κ3) is 6.77. The predicted molar refractivity (Wildman–Crippen MR) is 100 cm³/mol. The number of carbonyl (C=O) groups is 1. The summed E-state index contributed by atoms with van der Waals surface area (Å²) < 4.78 is 26.3. The highest BCUT2D eigenvalue weighted by Gasteiger charge is 2.21. The van der Waals surface area contributed by atoms with E-state index < -0.39 is 22.0 Å². The molecule has 0 aliphatic heterocycles. The van der Waals surface area contributed by atoms with E-state index in [-0.39, 0.29) is 10.9 Å². The van der Waals surface area contributed by atoms with Crippen molar-refractivity contribution >= 4 is 39.0 Å². The van der Waals surface area contributed by atoms with Gasteiger partial charge in [-0.15, -0.1) is 0 Å². The summed E-state index contributed by atoms with van der Waals surface area (Å²) in [6, 6.07) is 4.90. The minimum absolute atomic E-state index is 0.0258. The average molecular weight is 386 g/mol. The van der Waals surface area contributed by atoms with Crippen LogP contribution < -0.4 is 15.5 Å². The van der Waals surface area contributed by atoms with Crippen LogP contribution in [0.5, 0.6) is 0 Å². The van der Waals surface area contributed by atoms with E-state index in [4.69, 9.17) is 17.3 Å². The molecule has 0 spiro atoms. The van der Waals surface area contributed by atoms with Crippen molar-refractivity contribution in [3.8, 4) is 0 Å². The molecule has 1 aromatic rings. The number of aliphatic carboxylic acids is 1. The summed E-state index contributed by atoms with van der Waals surface area (Å²) in [7, 11) is -3.90. The van der Waals surface area contributed by atoms with Gasteiger partial charge >= 0.3 is 5.97 Å². The molecule has 0 saturated carbocycles. The fourth-order valence-electron chi connectivity index (χ4n) is 1.72. The van der Waals surface area contributed by atoms with Gasteiger partial charge < -0.3 is 10.4 Å². The summed E-state index contributed by atoms with van der Waals surface area (Å²) in [5.41, 5.74) is 4.02. The van der Waals surface area contributed by atoms with Gasteiger partial charge in [0.2, 0.25) is 10.0 Å². The summed E-state index contributed by atoms with van der Waals surface area (Å²) in [5, 5.41) is 16.3. The normalized spacial score (nSPS) is 13.4. The highest BCUT2D eigenvalue weighted by Crippen LogP contribution is 2.12. The van der Waals surface area contributed by atoms with Crippen LogP contribution in [0.3, 0.4) is 0 Å². The second-order valence-corrected chi connectivity index (χ2v) is 7.76. The minimum Gasteiger partial charge on any atom is -0.480 e. The first kappa shape index (κ1) is 21.0. The average Bonchev–Trinajstić information content (AvgIpc) is 2.51. The topological polar surface area (TPSA) is 120 Å². The van der Waals surface area contributed by atoms with Crippen molar-refractivity contribution in [1.82, 2.24) is 15.5 Å². The first-order valence-corrected chi connectivity index (χ1v) is 9.38. The largest absolute Gasteiger partial charge is 0.480 e. The first-order chi connectivity index (χ1) is 11.5. The fraction of sp³-hybridized carbons (Fsp3) is 0.400. The molecule has 0 bridgehead atoms. The molecular weight excluding hydrogens is 364 g/mol. The van der Waals surface area contributed by atoms with Gasteiger partial charge in [-0.2, -0.15) is 9.82 Å². The maximum absolute atomic E-state index is 12.1. The van der Waals surface area contributed by atoms with Crippen LogP contribution in [0.15, 0.2) is 34.3 Å². The van der Waals surface area contributed by atoms with Crippen molar-refractivity contribution in [3.05, 3.63) is 29.8 Å². The summed E-state index contributed by atoms with van der Waals surface area (Å²) in [6.07, 6.45) is 0. The molecule has 0 saturated heterocycles. The molecule has 0 heterocycles. The number of rotatable bonds is 7. The SMILES string of the molecule is C/C(=N/NC(=S)NC(C)C)c1ccc(S(=O)(=O)N[C@@H](C)C(=O)O)cc1. The van der Waals surface area contributed by atoms with Crippen LogP contribution in [-0.2, 0) is 14.8 Å². The standard InChI is InChI=1S/C15H22N4O4S2/c1-9(2)16-15(24)18-17-10(3)12-5-7-13(8-6-12)25(22,23)19-11(4)14(20)21/h5-9,11,19H,1-4H3,(H,20,21)(H2,16,18,24)/b17-10-/t11-/m0/s1. The van der Waals surface area contributed by atoms with Crippen molar-refractivity contribution in [2.75, 3.05) is 0 Å². The van der Waals surface area contributed by atoms with Crippen LogP contribution in [0.2, 0.25) is 0 Å².